The maximum Gasteiger partial charge on any atom is 0.220 e. The normalized spacial score (nSPS) is 10.2. The van der Waals surface area contributed by atoms with Gasteiger partial charge in [0.1, 0.15) is 5.75 Å². The number of benzene rings is 1. The highest BCUT2D eigenvalue weighted by Crippen LogP contribution is 2.08. The molecule has 5 heteroatoms. The largest absolute Gasteiger partial charge is 0.494 e. The number of hydrogen-bond acceptors (Lipinski definition) is 3. The minimum absolute atomic E-state index is 0.0329. The van der Waals surface area contributed by atoms with Crippen molar-refractivity contribution >= 4 is 5.91 Å². The van der Waals surface area contributed by atoms with Crippen LogP contribution < -0.4 is 10.1 Å². The van der Waals surface area contributed by atoms with Crippen LogP contribution in [0.3, 0.4) is 0 Å². The lowest BCUT2D eigenvalue weighted by atomic mass is 10.3. The number of hydrogen-bond donors (Lipinski definition) is 1. The fourth-order valence-corrected chi connectivity index (χ4v) is 1.79. The molecule has 0 aliphatic carbocycles. The Hall–Kier alpha value is -2.30. The number of nitrogens with one attached hydrogen (secondary N) is 1. The van der Waals surface area contributed by atoms with Gasteiger partial charge < -0.3 is 10.1 Å². The van der Waals surface area contributed by atoms with Crippen LogP contribution in [0.15, 0.2) is 42.7 Å². The van der Waals surface area contributed by atoms with Gasteiger partial charge in [0.2, 0.25) is 5.91 Å². The van der Waals surface area contributed by atoms with Gasteiger partial charge in [-0.1, -0.05) is 18.2 Å². The van der Waals surface area contributed by atoms with Crippen LogP contribution >= 0.6 is 0 Å². The Morgan fingerprint density at radius 2 is 2.15 bits per heavy atom. The van der Waals surface area contributed by atoms with E-state index in [2.05, 4.69) is 10.4 Å². The Balaban J connectivity index is 1.58. The van der Waals surface area contributed by atoms with Gasteiger partial charge in [-0.15, -0.1) is 0 Å². The Morgan fingerprint density at radius 3 is 2.85 bits per heavy atom. The number of nitrogens with zero attached hydrogens (tertiary/aromatic N) is 2. The fourth-order valence-electron chi connectivity index (χ4n) is 1.79. The molecule has 0 unspecified atom stereocenters. The summed E-state index contributed by atoms with van der Waals surface area (Å²) in [5, 5.41) is 6.91. The first-order chi connectivity index (χ1) is 9.74. The summed E-state index contributed by atoms with van der Waals surface area (Å²) in [6.07, 6.45) is 4.80. The Morgan fingerprint density at radius 1 is 1.35 bits per heavy atom. The summed E-state index contributed by atoms with van der Waals surface area (Å²) in [7, 11) is 1.85. The van der Waals surface area contributed by atoms with Gasteiger partial charge in [-0.25, -0.2) is 0 Å². The molecule has 1 heterocycles. The summed E-state index contributed by atoms with van der Waals surface area (Å²) in [5.74, 6) is 0.869. The topological polar surface area (TPSA) is 56.2 Å². The molecule has 2 rings (SSSR count). The molecule has 5 nitrogen and oxygen atoms in total. The number of carbonyl (C=O) groups excluding carboxylic acids is 1. The zero-order valence-corrected chi connectivity index (χ0v) is 11.6. The first kappa shape index (κ1) is 14.1. The summed E-state index contributed by atoms with van der Waals surface area (Å²) in [6.45, 7) is 1.07. The lowest BCUT2D eigenvalue weighted by molar-refractivity contribution is -0.121. The number of rotatable bonds is 7. The number of carbonyl (C=O) groups is 1. The van der Waals surface area contributed by atoms with Crippen LogP contribution in [-0.4, -0.2) is 22.3 Å². The van der Waals surface area contributed by atoms with Gasteiger partial charge in [0, 0.05) is 31.8 Å². The molecule has 20 heavy (non-hydrogen) atoms. The lowest BCUT2D eigenvalue weighted by Crippen LogP contribution is -2.22. The van der Waals surface area contributed by atoms with E-state index in [1.807, 2.05) is 43.6 Å². The third-order valence-corrected chi connectivity index (χ3v) is 2.81. The SMILES string of the molecule is Cn1cc(CNC(=O)CCCOc2ccccc2)cn1. The molecule has 0 aliphatic heterocycles. The van der Waals surface area contributed by atoms with E-state index >= 15 is 0 Å². The van der Waals surface area contributed by atoms with E-state index in [1.54, 1.807) is 10.9 Å². The van der Waals surface area contributed by atoms with E-state index in [0.29, 0.717) is 26.0 Å². The zero-order valence-electron chi connectivity index (χ0n) is 11.6. The number of para-hydroxylation sites is 1. The van der Waals surface area contributed by atoms with Crippen LogP contribution in [-0.2, 0) is 18.4 Å². The quantitative estimate of drug-likeness (QED) is 0.784. The molecule has 2 aromatic rings. The van der Waals surface area contributed by atoms with Crippen molar-refractivity contribution in [1.29, 1.82) is 0 Å². The summed E-state index contributed by atoms with van der Waals surface area (Å²) in [6, 6.07) is 9.61. The molecule has 0 bridgehead atoms. The van der Waals surface area contributed by atoms with Crippen molar-refractivity contribution in [3.63, 3.8) is 0 Å². The van der Waals surface area contributed by atoms with Crippen molar-refractivity contribution in [1.82, 2.24) is 15.1 Å². The number of aromatic nitrogens is 2. The number of amides is 1. The van der Waals surface area contributed by atoms with Crippen LogP contribution in [0.1, 0.15) is 18.4 Å². The van der Waals surface area contributed by atoms with Crippen molar-refractivity contribution in [2.24, 2.45) is 7.05 Å². The van der Waals surface area contributed by atoms with E-state index in [4.69, 9.17) is 4.74 Å². The third-order valence-electron chi connectivity index (χ3n) is 2.81. The summed E-state index contributed by atoms with van der Waals surface area (Å²) in [4.78, 5) is 11.6. The van der Waals surface area contributed by atoms with Crippen LogP contribution in [0, 0.1) is 0 Å². The van der Waals surface area contributed by atoms with Gasteiger partial charge in [0.05, 0.1) is 12.8 Å². The molecule has 106 valence electrons. The zero-order chi connectivity index (χ0) is 14.2. The maximum atomic E-state index is 11.6. The van der Waals surface area contributed by atoms with Gasteiger partial charge in [-0.3, -0.25) is 9.48 Å². The Labute approximate surface area is 118 Å². The summed E-state index contributed by atoms with van der Waals surface area (Å²) < 4.78 is 7.25. The monoisotopic (exact) mass is 273 g/mol. The predicted molar refractivity (Wildman–Crippen MR) is 76.2 cm³/mol. The van der Waals surface area contributed by atoms with E-state index in [1.165, 1.54) is 0 Å². The summed E-state index contributed by atoms with van der Waals surface area (Å²) >= 11 is 0. The molecule has 1 aromatic carbocycles. The van der Waals surface area contributed by atoms with Gasteiger partial charge in [-0.2, -0.15) is 5.10 Å². The molecule has 1 amide bonds. The van der Waals surface area contributed by atoms with Gasteiger partial charge in [-0.05, 0) is 18.6 Å². The van der Waals surface area contributed by atoms with Crippen molar-refractivity contribution in [2.75, 3.05) is 6.61 Å². The first-order valence-electron chi connectivity index (χ1n) is 6.66. The minimum Gasteiger partial charge on any atom is -0.494 e. The molecular weight excluding hydrogens is 254 g/mol. The minimum atomic E-state index is 0.0329. The summed E-state index contributed by atoms with van der Waals surface area (Å²) in [5.41, 5.74) is 1.00. The van der Waals surface area contributed by atoms with Crippen molar-refractivity contribution in [3.8, 4) is 5.75 Å². The molecular formula is C15H19N3O2. The molecule has 0 atom stereocenters. The Kier molecular flexibility index (Phi) is 5.17. The average Bonchev–Trinajstić information content (AvgIpc) is 2.88. The standard InChI is InChI=1S/C15H19N3O2/c1-18-12-13(11-17-18)10-16-15(19)8-5-9-20-14-6-3-2-4-7-14/h2-4,6-7,11-12H,5,8-10H2,1H3,(H,16,19). The van der Waals surface area contributed by atoms with Crippen LogP contribution in [0.4, 0.5) is 0 Å². The van der Waals surface area contributed by atoms with Crippen molar-refractivity contribution < 1.29 is 9.53 Å². The number of aryl methyl sites for hydroxylation is 1. The van der Waals surface area contributed by atoms with Gasteiger partial charge >= 0.3 is 0 Å². The molecule has 0 radical (unpaired) electrons. The molecule has 0 spiro atoms. The Bertz CT molecular complexity index is 537. The second kappa shape index (κ2) is 7.33. The predicted octanol–water partition coefficient (Wildman–Crippen LogP) is 1.90. The van der Waals surface area contributed by atoms with Crippen LogP contribution in [0.2, 0.25) is 0 Å². The van der Waals surface area contributed by atoms with E-state index < -0.39 is 0 Å². The molecule has 1 aromatic heterocycles. The average molecular weight is 273 g/mol. The molecule has 0 saturated carbocycles. The highest BCUT2D eigenvalue weighted by atomic mass is 16.5. The lowest BCUT2D eigenvalue weighted by Gasteiger charge is -2.06. The van der Waals surface area contributed by atoms with Gasteiger partial charge in [0.15, 0.2) is 0 Å². The highest BCUT2D eigenvalue weighted by Gasteiger charge is 2.02. The van der Waals surface area contributed by atoms with E-state index in [-0.39, 0.29) is 5.91 Å². The second-order valence-electron chi connectivity index (χ2n) is 4.56. The van der Waals surface area contributed by atoms with Crippen molar-refractivity contribution in [2.45, 2.75) is 19.4 Å². The van der Waals surface area contributed by atoms with Crippen LogP contribution in [0.25, 0.3) is 0 Å². The highest BCUT2D eigenvalue weighted by molar-refractivity contribution is 5.75. The number of ether oxygens (including phenoxy) is 1. The smallest absolute Gasteiger partial charge is 0.220 e. The second-order valence-corrected chi connectivity index (χ2v) is 4.56. The van der Waals surface area contributed by atoms with E-state index in [9.17, 15) is 4.79 Å². The molecule has 0 aliphatic rings. The van der Waals surface area contributed by atoms with E-state index in [0.717, 1.165) is 11.3 Å². The molecule has 0 fully saturated rings. The first-order valence-corrected chi connectivity index (χ1v) is 6.66. The molecule has 0 saturated heterocycles. The van der Waals surface area contributed by atoms with Crippen molar-refractivity contribution in [3.05, 3.63) is 48.3 Å². The third kappa shape index (κ3) is 4.76. The van der Waals surface area contributed by atoms with Crippen LogP contribution in [0.5, 0.6) is 5.75 Å². The maximum absolute atomic E-state index is 11.6. The van der Waals surface area contributed by atoms with Gasteiger partial charge in [0.25, 0.3) is 0 Å². The molecule has 1 N–H and O–H groups in total. The fraction of sp³-hybridized carbons (Fsp3) is 0.333.